The van der Waals surface area contributed by atoms with Crippen molar-refractivity contribution in [2.75, 3.05) is 18.4 Å². The number of nitrogens with one attached hydrogen (secondary N) is 1. The Morgan fingerprint density at radius 3 is 2.52 bits per heavy atom. The van der Waals surface area contributed by atoms with Crippen LogP contribution in [0, 0.1) is 5.92 Å². The fourth-order valence-corrected chi connectivity index (χ4v) is 5.39. The van der Waals surface area contributed by atoms with E-state index in [9.17, 15) is 13.2 Å². The van der Waals surface area contributed by atoms with Crippen LogP contribution in [0.4, 0.5) is 5.69 Å². The van der Waals surface area contributed by atoms with E-state index in [-0.39, 0.29) is 17.3 Å². The summed E-state index contributed by atoms with van der Waals surface area (Å²) >= 11 is 6.12. The molecule has 1 fully saturated rings. The Hall–Kier alpha value is -2.41. The molecule has 1 saturated heterocycles. The summed E-state index contributed by atoms with van der Waals surface area (Å²) in [7, 11) is -3.67. The summed E-state index contributed by atoms with van der Waals surface area (Å²) in [6.45, 7) is 0.566. The van der Waals surface area contributed by atoms with Crippen molar-refractivity contribution in [3.63, 3.8) is 0 Å². The van der Waals surface area contributed by atoms with Gasteiger partial charge in [-0.15, -0.1) is 0 Å². The van der Waals surface area contributed by atoms with Crippen LogP contribution in [-0.2, 0) is 14.8 Å². The maximum absolute atomic E-state index is 13.2. The van der Waals surface area contributed by atoms with Crippen LogP contribution in [0.2, 0.25) is 5.02 Å². The lowest BCUT2D eigenvalue weighted by Gasteiger charge is -2.31. The van der Waals surface area contributed by atoms with Gasteiger partial charge in [-0.1, -0.05) is 54.1 Å². The molecule has 0 unspecified atom stereocenters. The molecule has 1 heterocycles. The minimum atomic E-state index is -3.67. The number of benzene rings is 3. The normalized spacial score (nSPS) is 17.9. The summed E-state index contributed by atoms with van der Waals surface area (Å²) in [6, 6.07) is 19.8. The molecule has 1 aliphatic heterocycles. The van der Waals surface area contributed by atoms with Gasteiger partial charge in [-0.25, -0.2) is 8.42 Å². The molecule has 3 aromatic rings. The summed E-state index contributed by atoms with van der Waals surface area (Å²) in [5.74, 6) is -0.633. The van der Waals surface area contributed by atoms with Crippen molar-refractivity contribution < 1.29 is 13.2 Å². The van der Waals surface area contributed by atoms with Crippen LogP contribution < -0.4 is 5.32 Å². The van der Waals surface area contributed by atoms with E-state index in [4.69, 9.17) is 11.6 Å². The molecule has 1 amide bonds. The van der Waals surface area contributed by atoms with Crippen LogP contribution >= 0.6 is 11.6 Å². The fraction of sp³-hybridized carbons (Fsp3) is 0.227. The number of piperidine rings is 1. The quantitative estimate of drug-likeness (QED) is 0.663. The summed E-state index contributed by atoms with van der Waals surface area (Å²) in [5, 5.41) is 5.14. The van der Waals surface area contributed by atoms with Gasteiger partial charge in [0.25, 0.3) is 0 Å². The molecule has 1 N–H and O–H groups in total. The van der Waals surface area contributed by atoms with Gasteiger partial charge in [-0.2, -0.15) is 4.31 Å². The van der Waals surface area contributed by atoms with Crippen LogP contribution in [0.5, 0.6) is 0 Å². The fourth-order valence-electron chi connectivity index (χ4n) is 3.65. The smallest absolute Gasteiger partial charge is 0.243 e. The molecule has 29 heavy (non-hydrogen) atoms. The molecule has 0 aromatic heterocycles. The SMILES string of the molecule is O=C(Nc1ccccc1Cl)[C@@H]1CCCN(S(=O)(=O)c2ccc3ccccc3c2)C1. The van der Waals surface area contributed by atoms with Gasteiger partial charge in [0, 0.05) is 13.1 Å². The lowest BCUT2D eigenvalue weighted by atomic mass is 9.99. The van der Waals surface area contributed by atoms with Gasteiger partial charge in [0.1, 0.15) is 0 Å². The van der Waals surface area contributed by atoms with Crippen LogP contribution in [0.3, 0.4) is 0 Å². The zero-order valence-electron chi connectivity index (χ0n) is 15.7. The van der Waals surface area contributed by atoms with Gasteiger partial charge in [0.2, 0.25) is 15.9 Å². The number of sulfonamides is 1. The molecule has 0 radical (unpaired) electrons. The van der Waals surface area contributed by atoms with Gasteiger partial charge in [-0.05, 0) is 47.9 Å². The molecular formula is C22H21ClN2O3S. The summed E-state index contributed by atoms with van der Waals surface area (Å²) in [5.41, 5.74) is 0.536. The highest BCUT2D eigenvalue weighted by atomic mass is 35.5. The van der Waals surface area contributed by atoms with Crippen LogP contribution in [-0.4, -0.2) is 31.7 Å². The average Bonchev–Trinajstić information content (AvgIpc) is 2.75. The molecule has 0 bridgehead atoms. The summed E-state index contributed by atoms with van der Waals surface area (Å²) < 4.78 is 27.8. The Bertz CT molecular complexity index is 1160. The third-order valence-electron chi connectivity index (χ3n) is 5.25. The zero-order chi connectivity index (χ0) is 20.4. The van der Waals surface area contributed by atoms with E-state index in [1.807, 2.05) is 30.3 Å². The maximum Gasteiger partial charge on any atom is 0.243 e. The zero-order valence-corrected chi connectivity index (χ0v) is 17.3. The molecule has 150 valence electrons. The van der Waals surface area contributed by atoms with Crippen molar-refractivity contribution in [2.24, 2.45) is 5.92 Å². The Morgan fingerprint density at radius 2 is 1.72 bits per heavy atom. The second-order valence-corrected chi connectivity index (χ2v) is 9.53. The highest BCUT2D eigenvalue weighted by Crippen LogP contribution is 2.28. The third-order valence-corrected chi connectivity index (χ3v) is 7.44. The molecule has 4 rings (SSSR count). The number of hydrogen-bond donors (Lipinski definition) is 1. The number of nitrogens with zero attached hydrogens (tertiary/aromatic N) is 1. The van der Waals surface area contributed by atoms with Crippen LogP contribution in [0.25, 0.3) is 10.8 Å². The van der Waals surface area contributed by atoms with Gasteiger partial charge in [-0.3, -0.25) is 4.79 Å². The number of fused-ring (bicyclic) bond motifs is 1. The molecule has 7 heteroatoms. The minimum absolute atomic E-state index is 0.158. The van der Waals surface area contributed by atoms with E-state index in [1.165, 1.54) is 4.31 Å². The van der Waals surface area contributed by atoms with Crippen LogP contribution in [0.15, 0.2) is 71.6 Å². The predicted molar refractivity (Wildman–Crippen MR) is 116 cm³/mol. The minimum Gasteiger partial charge on any atom is -0.324 e. The van der Waals surface area contributed by atoms with Crippen molar-refractivity contribution in [2.45, 2.75) is 17.7 Å². The number of carbonyl (C=O) groups is 1. The van der Waals surface area contributed by atoms with E-state index in [1.54, 1.807) is 36.4 Å². The third kappa shape index (κ3) is 4.15. The van der Waals surface area contributed by atoms with E-state index >= 15 is 0 Å². The van der Waals surface area contributed by atoms with Crippen LogP contribution in [0.1, 0.15) is 12.8 Å². The number of hydrogen-bond acceptors (Lipinski definition) is 3. The second-order valence-electron chi connectivity index (χ2n) is 7.18. The van der Waals surface area contributed by atoms with E-state index in [2.05, 4.69) is 5.32 Å². The summed E-state index contributed by atoms with van der Waals surface area (Å²) in [6.07, 6.45) is 1.27. The molecule has 5 nitrogen and oxygen atoms in total. The summed E-state index contributed by atoms with van der Waals surface area (Å²) in [4.78, 5) is 13.0. The Labute approximate surface area is 175 Å². The molecule has 1 atom stereocenters. The van der Waals surface area contributed by atoms with Gasteiger partial charge < -0.3 is 5.32 Å². The number of rotatable bonds is 4. The molecule has 0 aliphatic carbocycles. The monoisotopic (exact) mass is 428 g/mol. The average molecular weight is 429 g/mol. The van der Waals surface area contributed by atoms with Gasteiger partial charge in [0.05, 0.1) is 21.5 Å². The first-order valence-corrected chi connectivity index (χ1v) is 11.3. The number of anilines is 1. The Balaban J connectivity index is 1.53. The number of carbonyl (C=O) groups excluding carboxylic acids is 1. The first kappa shape index (κ1) is 19.9. The van der Waals surface area contributed by atoms with Gasteiger partial charge in [0.15, 0.2) is 0 Å². The van der Waals surface area contributed by atoms with E-state index < -0.39 is 15.9 Å². The number of halogens is 1. The first-order valence-electron chi connectivity index (χ1n) is 9.49. The Kier molecular flexibility index (Phi) is 5.58. The first-order chi connectivity index (χ1) is 13.9. The number of para-hydroxylation sites is 1. The lowest BCUT2D eigenvalue weighted by molar-refractivity contribution is -0.120. The highest BCUT2D eigenvalue weighted by Gasteiger charge is 2.33. The topological polar surface area (TPSA) is 66.5 Å². The molecule has 1 aliphatic rings. The van der Waals surface area contributed by atoms with E-state index in [0.717, 1.165) is 10.8 Å². The van der Waals surface area contributed by atoms with Crippen molar-refractivity contribution in [3.05, 3.63) is 71.8 Å². The van der Waals surface area contributed by atoms with Crippen molar-refractivity contribution in [1.29, 1.82) is 0 Å². The lowest BCUT2D eigenvalue weighted by Crippen LogP contribution is -2.43. The van der Waals surface area contributed by atoms with E-state index in [0.29, 0.717) is 30.1 Å². The van der Waals surface area contributed by atoms with Crippen molar-refractivity contribution in [1.82, 2.24) is 4.31 Å². The van der Waals surface area contributed by atoms with Crippen molar-refractivity contribution >= 4 is 44.0 Å². The molecule has 3 aromatic carbocycles. The maximum atomic E-state index is 13.2. The highest BCUT2D eigenvalue weighted by molar-refractivity contribution is 7.89. The standard InChI is InChI=1S/C22H21ClN2O3S/c23-20-9-3-4-10-21(20)24-22(26)18-8-5-13-25(15-18)29(27,28)19-12-11-16-6-1-2-7-17(16)14-19/h1-4,6-7,9-12,14,18H,5,8,13,15H2,(H,24,26)/t18-/m1/s1. The Morgan fingerprint density at radius 1 is 1.00 bits per heavy atom. The molecular weight excluding hydrogens is 408 g/mol. The number of amides is 1. The van der Waals surface area contributed by atoms with Gasteiger partial charge >= 0.3 is 0 Å². The van der Waals surface area contributed by atoms with Crippen molar-refractivity contribution in [3.8, 4) is 0 Å². The molecule has 0 spiro atoms. The predicted octanol–water partition coefficient (Wildman–Crippen LogP) is 4.53. The second kappa shape index (κ2) is 8.14. The largest absolute Gasteiger partial charge is 0.324 e. The molecule has 0 saturated carbocycles.